The van der Waals surface area contributed by atoms with E-state index in [1.165, 1.54) is 12.1 Å². The summed E-state index contributed by atoms with van der Waals surface area (Å²) in [6, 6.07) is 8.01. The van der Waals surface area contributed by atoms with E-state index < -0.39 is 17.7 Å². The summed E-state index contributed by atoms with van der Waals surface area (Å²) in [4.78, 5) is 0. The molecule has 0 spiro atoms. The molecule has 0 aliphatic carbocycles. The van der Waals surface area contributed by atoms with Crippen molar-refractivity contribution in [2.24, 2.45) is 0 Å². The van der Waals surface area contributed by atoms with Gasteiger partial charge in [-0.25, -0.2) is 8.78 Å². The molecule has 0 saturated carbocycles. The summed E-state index contributed by atoms with van der Waals surface area (Å²) in [5.41, 5.74) is 1.38. The zero-order chi connectivity index (χ0) is 15.6. The van der Waals surface area contributed by atoms with Gasteiger partial charge in [0.2, 0.25) is 0 Å². The third kappa shape index (κ3) is 3.63. The minimum atomic E-state index is -0.528. The lowest BCUT2D eigenvalue weighted by Crippen LogP contribution is -2.25. The third-order valence-electron chi connectivity index (χ3n) is 3.29. The van der Waals surface area contributed by atoms with Crippen molar-refractivity contribution in [2.75, 3.05) is 6.54 Å². The van der Waals surface area contributed by atoms with Crippen molar-refractivity contribution in [3.63, 3.8) is 0 Å². The van der Waals surface area contributed by atoms with E-state index in [9.17, 15) is 8.78 Å². The molecule has 0 fully saturated rings. The van der Waals surface area contributed by atoms with Crippen LogP contribution in [-0.2, 0) is 0 Å². The van der Waals surface area contributed by atoms with Crippen LogP contribution >= 0.6 is 38.5 Å². The summed E-state index contributed by atoms with van der Waals surface area (Å²) in [7, 11) is 0. The molecule has 0 aliphatic rings. The first-order valence-electron chi connectivity index (χ1n) is 6.58. The molecule has 5 heteroatoms. The Morgan fingerprint density at radius 1 is 1.24 bits per heavy atom. The van der Waals surface area contributed by atoms with Crippen molar-refractivity contribution < 1.29 is 8.78 Å². The highest BCUT2D eigenvalue weighted by molar-refractivity contribution is 14.1. The van der Waals surface area contributed by atoms with Gasteiger partial charge < -0.3 is 5.32 Å². The average Bonchev–Trinajstić information content (AvgIpc) is 2.45. The highest BCUT2D eigenvalue weighted by Crippen LogP contribution is 2.32. The molecule has 1 atom stereocenters. The summed E-state index contributed by atoms with van der Waals surface area (Å²) in [6.45, 7) is 4.18. The summed E-state index contributed by atoms with van der Waals surface area (Å²) in [5, 5.41) is 3.19. The number of halogens is 4. The Morgan fingerprint density at radius 2 is 1.95 bits per heavy atom. The lowest BCUT2D eigenvalue weighted by Gasteiger charge is -2.22. The smallest absolute Gasteiger partial charge is 0.134 e. The van der Waals surface area contributed by atoms with Crippen LogP contribution in [0.4, 0.5) is 8.78 Å². The molecular formula is C16H15BrF2IN. The minimum absolute atomic E-state index is 0.0767. The van der Waals surface area contributed by atoms with Gasteiger partial charge in [-0.15, -0.1) is 0 Å². The van der Waals surface area contributed by atoms with E-state index >= 15 is 0 Å². The highest BCUT2D eigenvalue weighted by atomic mass is 127. The van der Waals surface area contributed by atoms with Gasteiger partial charge in [0.25, 0.3) is 0 Å². The van der Waals surface area contributed by atoms with Gasteiger partial charge in [0, 0.05) is 13.6 Å². The molecule has 1 unspecified atom stereocenters. The molecule has 0 amide bonds. The van der Waals surface area contributed by atoms with Crippen LogP contribution in [0.2, 0.25) is 0 Å². The maximum Gasteiger partial charge on any atom is 0.134 e. The second-order valence-electron chi connectivity index (χ2n) is 4.75. The zero-order valence-corrected chi connectivity index (χ0v) is 15.4. The molecule has 1 N–H and O–H groups in total. The van der Waals surface area contributed by atoms with Gasteiger partial charge in [-0.3, -0.25) is 0 Å². The van der Waals surface area contributed by atoms with Gasteiger partial charge in [-0.1, -0.05) is 28.9 Å². The van der Waals surface area contributed by atoms with E-state index in [0.29, 0.717) is 12.1 Å². The van der Waals surface area contributed by atoms with E-state index in [4.69, 9.17) is 0 Å². The van der Waals surface area contributed by atoms with Gasteiger partial charge in [-0.2, -0.15) is 0 Å². The van der Waals surface area contributed by atoms with E-state index in [1.807, 2.05) is 25.1 Å². The lowest BCUT2D eigenvalue weighted by atomic mass is 9.96. The Morgan fingerprint density at radius 3 is 2.62 bits per heavy atom. The van der Waals surface area contributed by atoms with E-state index in [-0.39, 0.29) is 5.56 Å². The molecule has 112 valence electrons. The average molecular weight is 466 g/mol. The van der Waals surface area contributed by atoms with Crippen molar-refractivity contribution in [2.45, 2.75) is 19.9 Å². The molecule has 0 aromatic heterocycles. The van der Waals surface area contributed by atoms with Crippen molar-refractivity contribution in [3.05, 3.63) is 66.7 Å². The monoisotopic (exact) mass is 465 g/mol. The summed E-state index contributed by atoms with van der Waals surface area (Å²) >= 11 is 5.61. The second-order valence-corrected chi connectivity index (χ2v) is 6.83. The molecule has 2 aromatic rings. The fourth-order valence-electron chi connectivity index (χ4n) is 2.25. The molecule has 0 aliphatic heterocycles. The Balaban J connectivity index is 2.64. The lowest BCUT2D eigenvalue weighted by molar-refractivity contribution is 0.505. The maximum atomic E-state index is 14.5. The first kappa shape index (κ1) is 16.8. The van der Waals surface area contributed by atoms with Crippen LogP contribution in [0.5, 0.6) is 0 Å². The normalized spacial score (nSPS) is 12.5. The van der Waals surface area contributed by atoms with Crippen LogP contribution in [0.3, 0.4) is 0 Å². The van der Waals surface area contributed by atoms with Gasteiger partial charge in [0.15, 0.2) is 0 Å². The summed E-state index contributed by atoms with van der Waals surface area (Å²) in [6.07, 6.45) is 0. The first-order valence-corrected chi connectivity index (χ1v) is 8.45. The van der Waals surface area contributed by atoms with Gasteiger partial charge >= 0.3 is 0 Å². The minimum Gasteiger partial charge on any atom is -0.306 e. The highest BCUT2D eigenvalue weighted by Gasteiger charge is 2.24. The molecule has 21 heavy (non-hydrogen) atoms. The topological polar surface area (TPSA) is 12.0 Å². The summed E-state index contributed by atoms with van der Waals surface area (Å²) < 4.78 is 30.5. The van der Waals surface area contributed by atoms with E-state index in [1.54, 1.807) is 6.92 Å². The predicted octanol–water partition coefficient (Wildman–Crippen LogP) is 5.34. The number of rotatable bonds is 4. The molecule has 2 aromatic carbocycles. The molecular weight excluding hydrogens is 451 g/mol. The van der Waals surface area contributed by atoms with Crippen LogP contribution in [0, 0.1) is 22.1 Å². The second kappa shape index (κ2) is 7.15. The predicted molar refractivity (Wildman–Crippen MR) is 93.5 cm³/mol. The summed E-state index contributed by atoms with van der Waals surface area (Å²) in [5.74, 6) is -1.02. The molecule has 2 rings (SSSR count). The molecule has 1 nitrogen and oxygen atoms in total. The standard InChI is InChI=1S/C16H15BrF2IN/c1-3-21-16(11-8-10(17)5-7-13(11)20)14-12(18)6-4-9(2)15(14)19/h4-8,16,21H,3H2,1-2H3. The Kier molecular flexibility index (Phi) is 5.73. The SMILES string of the molecule is CCNC(c1cc(Br)ccc1I)c1c(F)ccc(C)c1F. The Hall–Kier alpha value is -0.530. The van der Waals surface area contributed by atoms with Crippen molar-refractivity contribution in [1.29, 1.82) is 0 Å². The van der Waals surface area contributed by atoms with Gasteiger partial charge in [0.05, 0.1) is 6.04 Å². The van der Waals surface area contributed by atoms with E-state index in [0.717, 1.165) is 13.6 Å². The Bertz CT molecular complexity index is 661. The fraction of sp³-hybridized carbons (Fsp3) is 0.250. The van der Waals surface area contributed by atoms with Gasteiger partial charge in [-0.05, 0) is 71.5 Å². The van der Waals surface area contributed by atoms with Crippen LogP contribution in [-0.4, -0.2) is 6.54 Å². The molecule has 0 heterocycles. The first-order chi connectivity index (χ1) is 9.95. The van der Waals surface area contributed by atoms with Gasteiger partial charge in [0.1, 0.15) is 11.6 Å². The fourth-order valence-corrected chi connectivity index (χ4v) is 3.28. The van der Waals surface area contributed by atoms with E-state index in [2.05, 4.69) is 43.8 Å². The quantitative estimate of drug-likeness (QED) is 0.601. The van der Waals surface area contributed by atoms with Crippen LogP contribution in [0.15, 0.2) is 34.8 Å². The Labute approximate surface area is 145 Å². The molecule has 0 radical (unpaired) electrons. The molecule has 0 bridgehead atoms. The van der Waals surface area contributed by atoms with Crippen molar-refractivity contribution >= 4 is 38.5 Å². The zero-order valence-electron chi connectivity index (χ0n) is 11.7. The number of aryl methyl sites for hydroxylation is 1. The van der Waals surface area contributed by atoms with Crippen LogP contribution in [0.25, 0.3) is 0 Å². The third-order valence-corrected chi connectivity index (χ3v) is 4.76. The van der Waals surface area contributed by atoms with Crippen LogP contribution in [0.1, 0.15) is 29.7 Å². The number of nitrogens with one attached hydrogen (secondary N) is 1. The number of hydrogen-bond acceptors (Lipinski definition) is 1. The largest absolute Gasteiger partial charge is 0.306 e. The van der Waals surface area contributed by atoms with Crippen molar-refractivity contribution in [1.82, 2.24) is 5.32 Å². The number of hydrogen-bond donors (Lipinski definition) is 1. The molecule has 0 saturated heterocycles. The maximum absolute atomic E-state index is 14.5. The number of benzene rings is 2. The van der Waals surface area contributed by atoms with Crippen LogP contribution < -0.4 is 5.32 Å². The van der Waals surface area contributed by atoms with Crippen molar-refractivity contribution in [3.8, 4) is 0 Å².